The van der Waals surface area contributed by atoms with Crippen LogP contribution in [0.15, 0.2) is 51.9 Å². The largest absolute Gasteiger partial charge is 0.454 e. The highest BCUT2D eigenvalue weighted by molar-refractivity contribution is 7.98. The van der Waals surface area contributed by atoms with E-state index in [0.29, 0.717) is 34.9 Å². The molecular weight excluding hydrogens is 436 g/mol. The molecule has 0 radical (unpaired) electrons. The van der Waals surface area contributed by atoms with Gasteiger partial charge in [0.2, 0.25) is 11.7 Å². The minimum absolute atomic E-state index is 0.0887. The summed E-state index contributed by atoms with van der Waals surface area (Å²) < 4.78 is 10.5. The number of thiophene rings is 1. The van der Waals surface area contributed by atoms with Gasteiger partial charge in [0.25, 0.3) is 0 Å². The van der Waals surface area contributed by atoms with E-state index in [4.69, 9.17) is 9.26 Å². The maximum Gasteiger partial charge on any atom is 0.339 e. The number of esters is 1. The third kappa shape index (κ3) is 6.80. The van der Waals surface area contributed by atoms with Crippen molar-refractivity contribution in [2.75, 3.05) is 13.2 Å². The number of aryl methyl sites for hydroxylation is 1. The Kier molecular flexibility index (Phi) is 8.02. The zero-order chi connectivity index (χ0) is 22.2. The number of ether oxygens (including phenoxy) is 1. The molecule has 2 aromatic heterocycles. The topological polar surface area (TPSA) is 98.5 Å². The van der Waals surface area contributed by atoms with Crippen LogP contribution in [0.4, 0.5) is 0 Å². The highest BCUT2D eigenvalue weighted by Gasteiger charge is 2.17. The van der Waals surface area contributed by atoms with Crippen molar-refractivity contribution in [3.8, 4) is 0 Å². The summed E-state index contributed by atoms with van der Waals surface area (Å²) in [6.45, 7) is 3.49. The predicted molar refractivity (Wildman–Crippen MR) is 119 cm³/mol. The van der Waals surface area contributed by atoms with Crippen LogP contribution in [0, 0.1) is 6.92 Å². The van der Waals surface area contributed by atoms with E-state index in [1.807, 2.05) is 31.2 Å². The van der Waals surface area contributed by atoms with Crippen LogP contribution in [0.1, 0.15) is 43.3 Å². The molecule has 0 saturated carbocycles. The monoisotopic (exact) mass is 458 g/mol. The first-order valence-electron chi connectivity index (χ1n) is 9.60. The average molecular weight is 459 g/mol. The quantitative estimate of drug-likeness (QED) is 0.278. The number of aromatic nitrogens is 1. The van der Waals surface area contributed by atoms with Gasteiger partial charge >= 0.3 is 5.97 Å². The van der Waals surface area contributed by atoms with Crippen molar-refractivity contribution in [2.45, 2.75) is 30.9 Å². The molecule has 0 fully saturated rings. The lowest BCUT2D eigenvalue weighted by molar-refractivity contribution is -0.118. The van der Waals surface area contributed by atoms with Crippen molar-refractivity contribution in [2.24, 2.45) is 0 Å². The molecule has 0 saturated heterocycles. The molecule has 0 spiro atoms. The molecule has 1 aromatic carbocycles. The van der Waals surface area contributed by atoms with Crippen LogP contribution in [-0.4, -0.2) is 36.0 Å². The van der Waals surface area contributed by atoms with Crippen LogP contribution in [0.25, 0.3) is 0 Å². The number of carbonyl (C=O) groups excluding carboxylic acids is 3. The first kappa shape index (κ1) is 22.8. The SMILES string of the molecule is CC(=O)NCCc1ccc(C(=O)COC(=O)c2ccccc2SCc2cc(C)no2)s1. The summed E-state index contributed by atoms with van der Waals surface area (Å²) in [5, 5.41) is 6.57. The number of rotatable bonds is 10. The molecule has 2 heterocycles. The Labute approximate surface area is 188 Å². The van der Waals surface area contributed by atoms with Gasteiger partial charge in [-0.2, -0.15) is 0 Å². The van der Waals surface area contributed by atoms with E-state index in [0.717, 1.165) is 15.5 Å². The molecule has 7 nitrogen and oxygen atoms in total. The Balaban J connectivity index is 1.54. The molecular formula is C22H22N2O5S2. The number of hydrogen-bond acceptors (Lipinski definition) is 8. The highest BCUT2D eigenvalue weighted by Crippen LogP contribution is 2.27. The standard InChI is InChI=1S/C22H22N2O5S2/c1-14-11-16(29-24-14)13-30-20-6-4-3-5-18(20)22(27)28-12-19(26)21-8-7-17(31-21)9-10-23-15(2)25/h3-8,11H,9-10,12-13H2,1-2H3,(H,23,25). The van der Waals surface area contributed by atoms with Gasteiger partial charge in [-0.15, -0.1) is 23.1 Å². The van der Waals surface area contributed by atoms with E-state index < -0.39 is 5.97 Å². The van der Waals surface area contributed by atoms with Gasteiger partial charge in [-0.25, -0.2) is 4.79 Å². The molecule has 0 aliphatic carbocycles. The van der Waals surface area contributed by atoms with Crippen molar-refractivity contribution in [1.82, 2.24) is 10.5 Å². The molecule has 9 heteroatoms. The molecule has 3 aromatic rings. The van der Waals surface area contributed by atoms with E-state index in [2.05, 4.69) is 10.5 Å². The molecule has 1 amide bonds. The van der Waals surface area contributed by atoms with E-state index >= 15 is 0 Å². The lowest BCUT2D eigenvalue weighted by atomic mass is 10.2. The second-order valence-corrected chi connectivity index (χ2v) is 8.90. The number of nitrogens with one attached hydrogen (secondary N) is 1. The zero-order valence-electron chi connectivity index (χ0n) is 17.2. The van der Waals surface area contributed by atoms with E-state index in [1.54, 1.807) is 18.2 Å². The Morgan fingerprint density at radius 2 is 2.00 bits per heavy atom. The van der Waals surface area contributed by atoms with Gasteiger partial charge in [0.15, 0.2) is 6.61 Å². The zero-order valence-corrected chi connectivity index (χ0v) is 18.8. The summed E-state index contributed by atoms with van der Waals surface area (Å²) in [4.78, 5) is 38.2. The second kappa shape index (κ2) is 10.9. The molecule has 0 bridgehead atoms. The maximum atomic E-state index is 12.6. The van der Waals surface area contributed by atoms with Crippen molar-refractivity contribution in [3.05, 3.63) is 69.2 Å². The fraction of sp³-hybridized carbons (Fsp3) is 0.273. The van der Waals surface area contributed by atoms with Crippen molar-refractivity contribution in [1.29, 1.82) is 0 Å². The highest BCUT2D eigenvalue weighted by atomic mass is 32.2. The summed E-state index contributed by atoms with van der Waals surface area (Å²) in [5.41, 5.74) is 1.20. The lowest BCUT2D eigenvalue weighted by Gasteiger charge is -2.08. The number of thioether (sulfide) groups is 1. The third-order valence-corrected chi connectivity index (χ3v) is 6.45. The minimum atomic E-state index is -0.548. The smallest absolute Gasteiger partial charge is 0.339 e. The number of benzene rings is 1. The Morgan fingerprint density at radius 3 is 2.74 bits per heavy atom. The Bertz CT molecular complexity index is 1070. The molecule has 1 N–H and O–H groups in total. The van der Waals surface area contributed by atoms with Gasteiger partial charge in [0.05, 0.1) is 21.9 Å². The van der Waals surface area contributed by atoms with Gasteiger partial charge in [0.1, 0.15) is 5.76 Å². The molecule has 162 valence electrons. The van der Waals surface area contributed by atoms with E-state index in [9.17, 15) is 14.4 Å². The van der Waals surface area contributed by atoms with Crippen molar-refractivity contribution >= 4 is 40.8 Å². The van der Waals surface area contributed by atoms with Crippen LogP contribution in [-0.2, 0) is 21.7 Å². The van der Waals surface area contributed by atoms with Crippen LogP contribution in [0.5, 0.6) is 0 Å². The number of hydrogen-bond donors (Lipinski definition) is 1. The fourth-order valence-electron chi connectivity index (χ4n) is 2.70. The number of carbonyl (C=O) groups is 3. The first-order valence-corrected chi connectivity index (χ1v) is 11.4. The summed E-state index contributed by atoms with van der Waals surface area (Å²) in [5.74, 6) is 0.349. The normalized spacial score (nSPS) is 10.6. The van der Waals surface area contributed by atoms with Crippen LogP contribution >= 0.6 is 23.1 Å². The van der Waals surface area contributed by atoms with Crippen LogP contribution < -0.4 is 5.32 Å². The van der Waals surface area contributed by atoms with Gasteiger partial charge in [-0.1, -0.05) is 17.3 Å². The number of Topliss-reactive ketones (excluding diaryl/α,β-unsaturated/α-hetero) is 1. The lowest BCUT2D eigenvalue weighted by Crippen LogP contribution is -2.22. The van der Waals surface area contributed by atoms with Gasteiger partial charge in [0, 0.05) is 29.3 Å². The van der Waals surface area contributed by atoms with Crippen molar-refractivity contribution < 1.29 is 23.6 Å². The third-order valence-electron chi connectivity index (χ3n) is 4.17. The number of nitrogens with zero attached hydrogens (tertiary/aromatic N) is 1. The first-order chi connectivity index (χ1) is 14.9. The maximum absolute atomic E-state index is 12.6. The van der Waals surface area contributed by atoms with Gasteiger partial charge in [-0.3, -0.25) is 9.59 Å². The summed E-state index contributed by atoms with van der Waals surface area (Å²) >= 11 is 2.78. The second-order valence-electron chi connectivity index (χ2n) is 6.72. The Hall–Kier alpha value is -2.91. The summed E-state index contributed by atoms with van der Waals surface area (Å²) in [6.07, 6.45) is 0.645. The molecule has 31 heavy (non-hydrogen) atoms. The predicted octanol–water partition coefficient (Wildman–Crippen LogP) is 4.06. The number of ketones is 1. The Morgan fingerprint density at radius 1 is 1.19 bits per heavy atom. The van der Waals surface area contributed by atoms with Gasteiger partial charge < -0.3 is 14.6 Å². The van der Waals surface area contributed by atoms with Crippen molar-refractivity contribution in [3.63, 3.8) is 0 Å². The van der Waals surface area contributed by atoms with E-state index in [-0.39, 0.29) is 18.3 Å². The summed E-state index contributed by atoms with van der Waals surface area (Å²) in [6, 6.07) is 12.5. The summed E-state index contributed by atoms with van der Waals surface area (Å²) in [7, 11) is 0. The molecule has 3 rings (SSSR count). The fourth-order valence-corrected chi connectivity index (χ4v) is 4.55. The minimum Gasteiger partial charge on any atom is -0.454 e. The van der Waals surface area contributed by atoms with E-state index in [1.165, 1.54) is 30.0 Å². The molecule has 0 atom stereocenters. The number of amides is 1. The molecule has 0 unspecified atom stereocenters. The molecule has 0 aliphatic heterocycles. The van der Waals surface area contributed by atoms with Crippen LogP contribution in [0.3, 0.4) is 0 Å². The van der Waals surface area contributed by atoms with Crippen LogP contribution in [0.2, 0.25) is 0 Å². The average Bonchev–Trinajstić information content (AvgIpc) is 3.39. The van der Waals surface area contributed by atoms with Gasteiger partial charge in [-0.05, 0) is 37.6 Å². The molecule has 0 aliphatic rings.